The Hall–Kier alpha value is -2.12. The van der Waals surface area contributed by atoms with Crippen LogP contribution in [0, 0.1) is 45.8 Å². The van der Waals surface area contributed by atoms with E-state index in [1.54, 1.807) is 13.8 Å². The second-order valence-corrected chi connectivity index (χ2v) is 14.5. The molecule has 5 unspecified atom stereocenters. The van der Waals surface area contributed by atoms with Crippen molar-refractivity contribution in [2.45, 2.75) is 110 Å². The van der Waals surface area contributed by atoms with Crippen molar-refractivity contribution in [2.24, 2.45) is 45.8 Å². The van der Waals surface area contributed by atoms with Crippen molar-refractivity contribution in [1.82, 2.24) is 0 Å². The van der Waals surface area contributed by atoms with Gasteiger partial charge in [-0.2, -0.15) is 0 Å². The molecule has 38 heavy (non-hydrogen) atoms. The lowest BCUT2D eigenvalue weighted by Gasteiger charge is -2.61. The minimum atomic E-state index is -1.31. The Balaban J connectivity index is 1.12. The number of carbonyl (C=O) groups is 4. The summed E-state index contributed by atoms with van der Waals surface area (Å²) < 4.78 is 22.9. The molecule has 1 saturated heterocycles. The van der Waals surface area contributed by atoms with Gasteiger partial charge in [-0.25, -0.2) is 4.79 Å². The second-order valence-electron chi connectivity index (χ2n) is 14.5. The smallest absolute Gasteiger partial charge is 0.344 e. The molecule has 0 N–H and O–H groups in total. The molecule has 0 aromatic rings. The van der Waals surface area contributed by atoms with Crippen molar-refractivity contribution >= 4 is 23.9 Å². The first-order valence-corrected chi connectivity index (χ1v) is 14.6. The molecular formula is C30H42O8. The van der Waals surface area contributed by atoms with Gasteiger partial charge in [-0.1, -0.05) is 6.92 Å². The summed E-state index contributed by atoms with van der Waals surface area (Å²) >= 11 is 0. The fourth-order valence-corrected chi connectivity index (χ4v) is 9.36. The number of fused-ring (bicyclic) bond motifs is 1. The van der Waals surface area contributed by atoms with Crippen LogP contribution in [0.1, 0.15) is 92.4 Å². The molecule has 0 radical (unpaired) electrons. The van der Waals surface area contributed by atoms with Crippen molar-refractivity contribution < 1.29 is 38.1 Å². The van der Waals surface area contributed by atoms with Crippen LogP contribution in [0.15, 0.2) is 0 Å². The maximum atomic E-state index is 13.9. The molecule has 8 nitrogen and oxygen atoms in total. The van der Waals surface area contributed by atoms with Crippen LogP contribution in [0.3, 0.4) is 0 Å². The lowest BCUT2D eigenvalue weighted by atomic mass is 9.46. The van der Waals surface area contributed by atoms with Crippen LogP contribution >= 0.6 is 0 Å². The minimum Gasteiger partial charge on any atom is -0.458 e. The van der Waals surface area contributed by atoms with Crippen molar-refractivity contribution in [3.05, 3.63) is 0 Å². The highest BCUT2D eigenvalue weighted by Crippen LogP contribution is 2.66. The van der Waals surface area contributed by atoms with Gasteiger partial charge in [0.25, 0.3) is 0 Å². The molecule has 5 atom stereocenters. The molecule has 1 heterocycles. The summed E-state index contributed by atoms with van der Waals surface area (Å²) in [6.07, 6.45) is 7.35. The summed E-state index contributed by atoms with van der Waals surface area (Å²) in [7, 11) is 0. The van der Waals surface area contributed by atoms with Crippen LogP contribution in [0.25, 0.3) is 0 Å². The number of carbonyl (C=O) groups excluding carboxylic acids is 4. The van der Waals surface area contributed by atoms with E-state index < -0.39 is 59.1 Å². The molecule has 8 heteroatoms. The first-order chi connectivity index (χ1) is 17.8. The van der Waals surface area contributed by atoms with Crippen LogP contribution < -0.4 is 0 Å². The largest absolute Gasteiger partial charge is 0.458 e. The van der Waals surface area contributed by atoms with E-state index in [0.29, 0.717) is 12.8 Å². The SMILES string of the molecule is CCC(C)(C)C(=O)OCC(=O)OC1C2CC3C1OC(=O)C3(C(=O)OC(C)(C)C13CC4CC(CC(C4)C1)C3)C2. The first-order valence-electron chi connectivity index (χ1n) is 14.6. The predicted octanol–water partition coefficient (Wildman–Crippen LogP) is 4.37. The number of esters is 4. The van der Waals surface area contributed by atoms with E-state index in [0.717, 1.165) is 37.0 Å². The third-order valence-electron chi connectivity index (χ3n) is 11.6. The lowest BCUT2D eigenvalue weighted by Crippen LogP contribution is -2.59. The fraction of sp³-hybridized carbons (Fsp3) is 0.867. The summed E-state index contributed by atoms with van der Waals surface area (Å²) in [5.41, 5.74) is -2.67. The molecule has 6 aliphatic carbocycles. The zero-order valence-electron chi connectivity index (χ0n) is 23.4. The van der Waals surface area contributed by atoms with Gasteiger partial charge in [-0.3, -0.25) is 14.4 Å². The molecule has 0 aromatic carbocycles. The predicted molar refractivity (Wildman–Crippen MR) is 134 cm³/mol. The van der Waals surface area contributed by atoms with Gasteiger partial charge in [-0.05, 0) is 103 Å². The van der Waals surface area contributed by atoms with E-state index in [2.05, 4.69) is 0 Å². The molecule has 6 saturated carbocycles. The quantitative estimate of drug-likeness (QED) is 0.259. The second kappa shape index (κ2) is 8.44. The first kappa shape index (κ1) is 26.1. The molecule has 7 fully saturated rings. The summed E-state index contributed by atoms with van der Waals surface area (Å²) in [6, 6.07) is 0. The van der Waals surface area contributed by atoms with Crippen LogP contribution in [-0.2, 0) is 38.1 Å². The Morgan fingerprint density at radius 2 is 1.55 bits per heavy atom. The van der Waals surface area contributed by atoms with E-state index in [-0.39, 0.29) is 23.7 Å². The molecule has 0 amide bonds. The summed E-state index contributed by atoms with van der Waals surface area (Å²) in [6.45, 7) is 9.01. The third-order valence-corrected chi connectivity index (χ3v) is 11.6. The Bertz CT molecular complexity index is 1020. The molecule has 0 spiro atoms. The van der Waals surface area contributed by atoms with E-state index in [1.807, 2.05) is 20.8 Å². The van der Waals surface area contributed by atoms with Gasteiger partial charge in [-0.15, -0.1) is 0 Å². The number of hydrogen-bond acceptors (Lipinski definition) is 8. The molecule has 0 aromatic heterocycles. The number of ether oxygens (including phenoxy) is 4. The van der Waals surface area contributed by atoms with E-state index in [1.165, 1.54) is 19.3 Å². The minimum absolute atomic E-state index is 0.0184. The molecule has 7 aliphatic rings. The van der Waals surface area contributed by atoms with Crippen molar-refractivity contribution in [1.29, 1.82) is 0 Å². The number of hydrogen-bond donors (Lipinski definition) is 0. The monoisotopic (exact) mass is 530 g/mol. The number of rotatable bonds is 8. The summed E-state index contributed by atoms with van der Waals surface area (Å²) in [5, 5.41) is 0. The zero-order chi connectivity index (χ0) is 27.3. The van der Waals surface area contributed by atoms with E-state index in [9.17, 15) is 19.2 Å². The van der Waals surface area contributed by atoms with Gasteiger partial charge < -0.3 is 18.9 Å². The van der Waals surface area contributed by atoms with Crippen LogP contribution in [0.2, 0.25) is 0 Å². The Morgan fingerprint density at radius 3 is 2.13 bits per heavy atom. The topological polar surface area (TPSA) is 105 Å². The van der Waals surface area contributed by atoms with Crippen molar-refractivity contribution in [3.63, 3.8) is 0 Å². The molecule has 6 bridgehead atoms. The summed E-state index contributed by atoms with van der Waals surface area (Å²) in [4.78, 5) is 51.9. The normalized spacial score (nSPS) is 42.2. The van der Waals surface area contributed by atoms with Gasteiger partial charge in [0, 0.05) is 17.3 Å². The maximum absolute atomic E-state index is 13.9. The Labute approximate surface area is 224 Å². The van der Waals surface area contributed by atoms with E-state index >= 15 is 0 Å². The fourth-order valence-electron chi connectivity index (χ4n) is 9.36. The molecule has 7 rings (SSSR count). The van der Waals surface area contributed by atoms with E-state index in [4.69, 9.17) is 18.9 Å². The zero-order valence-corrected chi connectivity index (χ0v) is 23.4. The van der Waals surface area contributed by atoms with Crippen molar-refractivity contribution in [2.75, 3.05) is 6.61 Å². The molecule has 1 aliphatic heterocycles. The van der Waals surface area contributed by atoms with Crippen LogP contribution in [0.4, 0.5) is 0 Å². The Morgan fingerprint density at radius 1 is 0.947 bits per heavy atom. The summed E-state index contributed by atoms with van der Waals surface area (Å²) in [5.74, 6) is -0.481. The maximum Gasteiger partial charge on any atom is 0.344 e. The Kier molecular flexibility index (Phi) is 5.80. The van der Waals surface area contributed by atoms with Crippen LogP contribution in [-0.4, -0.2) is 48.3 Å². The van der Waals surface area contributed by atoms with Gasteiger partial charge in [0.15, 0.2) is 12.0 Å². The average molecular weight is 531 g/mol. The molecule has 210 valence electrons. The van der Waals surface area contributed by atoms with Crippen LogP contribution in [0.5, 0.6) is 0 Å². The highest BCUT2D eigenvalue weighted by atomic mass is 16.6. The van der Waals surface area contributed by atoms with Crippen molar-refractivity contribution in [3.8, 4) is 0 Å². The molecular weight excluding hydrogens is 488 g/mol. The highest BCUT2D eigenvalue weighted by Gasteiger charge is 2.76. The third kappa shape index (κ3) is 3.67. The average Bonchev–Trinajstić information content (AvgIpc) is 3.44. The van der Waals surface area contributed by atoms with Gasteiger partial charge in [0.2, 0.25) is 0 Å². The van der Waals surface area contributed by atoms with Gasteiger partial charge >= 0.3 is 23.9 Å². The highest BCUT2D eigenvalue weighted by molar-refractivity contribution is 6.03. The van der Waals surface area contributed by atoms with Gasteiger partial charge in [0.1, 0.15) is 17.8 Å². The van der Waals surface area contributed by atoms with Gasteiger partial charge in [0.05, 0.1) is 5.41 Å². The standard InChI is InChI=1S/C30H42O8/c1-6-27(2,3)24(32)35-15-21(31)36-22-19-10-20-23(22)37-25(33)30(20,14-19)26(34)38-28(4,5)29-11-16-7-17(12-29)9-18(8-16)13-29/h16-20,22-23H,6-15H2,1-5H3. The lowest BCUT2D eigenvalue weighted by molar-refractivity contribution is -0.209.